The number of Topliss-reactive ketones (excluding diaryl/α,β-unsaturated/α-hetero) is 1. The molecule has 1 aromatic rings. The van der Waals surface area contributed by atoms with Crippen molar-refractivity contribution in [1.29, 1.82) is 0 Å². The van der Waals surface area contributed by atoms with Crippen LogP contribution >= 0.6 is 11.8 Å². The Hall–Kier alpha value is -3.09. The second-order valence-corrected chi connectivity index (χ2v) is 12.1. The van der Waals surface area contributed by atoms with Crippen LogP contribution in [0.5, 0.6) is 0 Å². The van der Waals surface area contributed by atoms with E-state index in [9.17, 15) is 27.6 Å². The van der Waals surface area contributed by atoms with Crippen molar-refractivity contribution in [3.8, 4) is 0 Å². The lowest BCUT2D eigenvalue weighted by Gasteiger charge is -2.20. The zero-order chi connectivity index (χ0) is 30.7. The molecule has 1 aromatic carbocycles. The number of alkyl carbamates (subject to hydrolysis) is 2. The largest absolute Gasteiger partial charge is 0.444 e. The van der Waals surface area contributed by atoms with Crippen LogP contribution in [-0.4, -0.2) is 48.0 Å². The molecule has 9 nitrogen and oxygen atoms in total. The van der Waals surface area contributed by atoms with Gasteiger partial charge in [0, 0.05) is 42.3 Å². The highest BCUT2D eigenvalue weighted by atomic mass is 32.2. The summed E-state index contributed by atoms with van der Waals surface area (Å²) in [5, 5.41) is 7.96. The third-order valence-electron chi connectivity index (χ3n) is 4.80. The lowest BCUT2D eigenvalue weighted by molar-refractivity contribution is -0.137. The number of thioether (sulfide) groups is 1. The van der Waals surface area contributed by atoms with E-state index < -0.39 is 35.1 Å². The van der Waals surface area contributed by atoms with Crippen molar-refractivity contribution >= 4 is 35.4 Å². The maximum absolute atomic E-state index is 13.4. The number of ketones is 1. The number of nitrogens with two attached hydrogens (primary N) is 1. The van der Waals surface area contributed by atoms with Crippen LogP contribution < -0.4 is 21.7 Å². The summed E-state index contributed by atoms with van der Waals surface area (Å²) >= 11 is 1.16. The quantitative estimate of drug-likeness (QED) is 0.129. The first kappa shape index (κ1) is 34.9. The van der Waals surface area contributed by atoms with Gasteiger partial charge in [0.15, 0.2) is 0 Å². The van der Waals surface area contributed by atoms with E-state index in [1.54, 1.807) is 41.5 Å². The monoisotopic (exact) mass is 590 g/mol. The molecule has 0 heterocycles. The predicted molar refractivity (Wildman–Crippen MR) is 150 cm³/mol. The van der Waals surface area contributed by atoms with Crippen molar-refractivity contribution in [2.45, 2.75) is 89.5 Å². The summed E-state index contributed by atoms with van der Waals surface area (Å²) in [5.41, 5.74) is 3.82. The zero-order valence-corrected chi connectivity index (χ0v) is 24.8. The highest BCUT2D eigenvalue weighted by molar-refractivity contribution is 7.99. The van der Waals surface area contributed by atoms with Gasteiger partial charge in [-0.15, -0.1) is 11.8 Å². The van der Waals surface area contributed by atoms with E-state index in [1.807, 2.05) is 0 Å². The first-order valence-corrected chi connectivity index (χ1v) is 13.8. The topological polar surface area (TPSA) is 132 Å². The highest BCUT2D eigenvalue weighted by Gasteiger charge is 2.32. The summed E-state index contributed by atoms with van der Waals surface area (Å²) in [6, 6.07) is 1.80. The summed E-state index contributed by atoms with van der Waals surface area (Å²) < 4.78 is 50.5. The SMILES string of the molecule is C=C(NCCCCC(=O)Cc1cc(C(F)(F)F)cc(N)c1SCCNC(=O)OC(C)(C)C)NC(=O)OC(C)(C)C. The molecule has 1 rings (SSSR count). The molecule has 0 spiro atoms. The Morgan fingerprint density at radius 1 is 0.925 bits per heavy atom. The smallest absolute Gasteiger partial charge is 0.416 e. The van der Waals surface area contributed by atoms with E-state index >= 15 is 0 Å². The van der Waals surface area contributed by atoms with Crippen LogP contribution in [0, 0.1) is 0 Å². The van der Waals surface area contributed by atoms with Gasteiger partial charge in [0.1, 0.15) is 22.8 Å². The minimum absolute atomic E-state index is 0.0832. The van der Waals surface area contributed by atoms with Crippen molar-refractivity contribution in [2.24, 2.45) is 0 Å². The molecule has 0 aliphatic carbocycles. The molecule has 0 aliphatic heterocycles. The fourth-order valence-corrected chi connectivity index (χ4v) is 4.21. The number of carbonyl (C=O) groups excluding carboxylic acids is 3. The van der Waals surface area contributed by atoms with Crippen LogP contribution in [0.4, 0.5) is 28.4 Å². The van der Waals surface area contributed by atoms with E-state index in [4.69, 9.17) is 15.2 Å². The minimum atomic E-state index is -4.62. The van der Waals surface area contributed by atoms with Gasteiger partial charge in [-0.1, -0.05) is 6.58 Å². The normalized spacial score (nSPS) is 11.9. The zero-order valence-electron chi connectivity index (χ0n) is 24.0. The summed E-state index contributed by atoms with van der Waals surface area (Å²) in [5.74, 6) is 0.323. The lowest BCUT2D eigenvalue weighted by atomic mass is 10.0. The van der Waals surface area contributed by atoms with Crippen molar-refractivity contribution < 1.29 is 37.0 Å². The lowest BCUT2D eigenvalue weighted by Crippen LogP contribution is -2.36. The van der Waals surface area contributed by atoms with Crippen LogP contribution in [0.15, 0.2) is 29.4 Å². The van der Waals surface area contributed by atoms with Gasteiger partial charge in [-0.3, -0.25) is 10.1 Å². The third-order valence-corrected chi connectivity index (χ3v) is 5.99. The van der Waals surface area contributed by atoms with Gasteiger partial charge < -0.3 is 25.8 Å². The van der Waals surface area contributed by atoms with Gasteiger partial charge in [-0.2, -0.15) is 13.2 Å². The fraction of sp³-hybridized carbons (Fsp3) is 0.593. The van der Waals surface area contributed by atoms with E-state index in [-0.39, 0.29) is 42.2 Å². The molecule has 0 saturated carbocycles. The number of benzene rings is 1. The van der Waals surface area contributed by atoms with Crippen LogP contribution in [0.2, 0.25) is 0 Å². The maximum Gasteiger partial charge on any atom is 0.416 e. The molecule has 0 aromatic heterocycles. The Morgan fingerprint density at radius 3 is 2.10 bits per heavy atom. The summed E-state index contributed by atoms with van der Waals surface area (Å²) in [6.45, 7) is 14.7. The van der Waals surface area contributed by atoms with Gasteiger partial charge >= 0.3 is 18.4 Å². The van der Waals surface area contributed by atoms with Gasteiger partial charge in [-0.05, 0) is 72.1 Å². The Kier molecular flexibility index (Phi) is 13.2. The molecular weight excluding hydrogens is 549 g/mol. The number of rotatable bonds is 13. The molecule has 2 amide bonds. The molecule has 0 fully saturated rings. The average Bonchev–Trinajstić information content (AvgIpc) is 2.74. The molecular formula is C27H41F3N4O5S. The second kappa shape index (κ2) is 15.1. The number of carbonyl (C=O) groups is 3. The Bertz CT molecular complexity index is 1050. The van der Waals surface area contributed by atoms with Crippen molar-refractivity contribution in [3.05, 3.63) is 35.7 Å². The number of hydrogen-bond acceptors (Lipinski definition) is 8. The number of hydrogen-bond donors (Lipinski definition) is 4. The number of nitrogen functional groups attached to an aromatic ring is 1. The van der Waals surface area contributed by atoms with Crippen LogP contribution in [0.1, 0.15) is 71.9 Å². The average molecular weight is 591 g/mol. The Morgan fingerprint density at radius 2 is 1.52 bits per heavy atom. The molecule has 0 bridgehead atoms. The first-order chi connectivity index (χ1) is 18.3. The number of ether oxygens (including phenoxy) is 2. The third kappa shape index (κ3) is 14.9. The van der Waals surface area contributed by atoms with Gasteiger partial charge in [-0.25, -0.2) is 9.59 Å². The number of nitrogens with one attached hydrogen (secondary N) is 3. The van der Waals surface area contributed by atoms with E-state index in [2.05, 4.69) is 22.5 Å². The van der Waals surface area contributed by atoms with Gasteiger partial charge in [0.25, 0.3) is 0 Å². The minimum Gasteiger partial charge on any atom is -0.444 e. The number of alkyl halides is 3. The molecule has 5 N–H and O–H groups in total. The Balaban J connectivity index is 2.66. The molecule has 0 aliphatic rings. The van der Waals surface area contributed by atoms with Crippen LogP contribution in [0.25, 0.3) is 0 Å². The van der Waals surface area contributed by atoms with Crippen molar-refractivity contribution in [3.63, 3.8) is 0 Å². The number of unbranched alkanes of at least 4 members (excludes halogenated alkanes) is 1. The molecule has 0 unspecified atom stereocenters. The molecule has 0 saturated heterocycles. The van der Waals surface area contributed by atoms with Crippen molar-refractivity contribution in [2.75, 3.05) is 24.6 Å². The Labute approximate surface area is 238 Å². The molecule has 40 heavy (non-hydrogen) atoms. The molecule has 226 valence electrons. The van der Waals surface area contributed by atoms with Crippen LogP contribution in [-0.2, 0) is 26.9 Å². The van der Waals surface area contributed by atoms with Crippen LogP contribution in [0.3, 0.4) is 0 Å². The number of anilines is 1. The van der Waals surface area contributed by atoms with Gasteiger partial charge in [0.2, 0.25) is 0 Å². The first-order valence-electron chi connectivity index (χ1n) is 12.8. The summed E-state index contributed by atoms with van der Waals surface area (Å²) in [7, 11) is 0. The van der Waals surface area contributed by atoms with Crippen molar-refractivity contribution in [1.82, 2.24) is 16.0 Å². The predicted octanol–water partition coefficient (Wildman–Crippen LogP) is 5.77. The van der Waals surface area contributed by atoms with E-state index in [0.29, 0.717) is 30.0 Å². The molecule has 13 heteroatoms. The maximum atomic E-state index is 13.4. The molecule has 0 radical (unpaired) electrons. The fourth-order valence-electron chi connectivity index (χ4n) is 3.26. The second-order valence-electron chi connectivity index (χ2n) is 11.0. The highest BCUT2D eigenvalue weighted by Crippen LogP contribution is 2.37. The number of halogens is 3. The van der Waals surface area contributed by atoms with E-state index in [1.165, 1.54) is 0 Å². The van der Waals surface area contributed by atoms with E-state index in [0.717, 1.165) is 23.9 Å². The molecule has 0 atom stereocenters. The summed E-state index contributed by atoms with van der Waals surface area (Å²) in [6.07, 6.45) is -4.90. The standard InChI is InChI=1S/C27H41F3N4O5S/c1-17(34-24(37)39-26(5,6)7)32-11-9-8-10-20(35)15-18-14-19(27(28,29)30)16-21(31)22(18)40-13-12-33-23(36)38-25(2,3)4/h14,16,32H,1,8-13,15,31H2,2-7H3,(H,33,36)(H,34,37). The summed E-state index contributed by atoms with van der Waals surface area (Å²) in [4.78, 5) is 36.6. The number of amides is 2. The van der Waals surface area contributed by atoms with Gasteiger partial charge in [0.05, 0.1) is 5.56 Å².